The summed E-state index contributed by atoms with van der Waals surface area (Å²) in [6.07, 6.45) is 2.75. The van der Waals surface area contributed by atoms with E-state index in [2.05, 4.69) is 43.4 Å². The highest BCUT2D eigenvalue weighted by atomic mass is 14.9. The predicted molar refractivity (Wildman–Crippen MR) is 60.2 cm³/mol. The van der Waals surface area contributed by atoms with Gasteiger partial charge >= 0.3 is 0 Å². The average molecular weight is 189 g/mol. The molecule has 1 saturated carbocycles. The summed E-state index contributed by atoms with van der Waals surface area (Å²) in [5.74, 6) is 0.874. The second kappa shape index (κ2) is 4.14. The lowest BCUT2D eigenvalue weighted by atomic mass is 9.81. The summed E-state index contributed by atoms with van der Waals surface area (Å²) in [5.41, 5.74) is 2.83. The van der Waals surface area contributed by atoms with E-state index in [1.807, 2.05) is 0 Å². The predicted octanol–water partition coefficient (Wildman–Crippen LogP) is 2.88. The van der Waals surface area contributed by atoms with Gasteiger partial charge in [-0.25, -0.2) is 0 Å². The van der Waals surface area contributed by atoms with Crippen molar-refractivity contribution < 1.29 is 0 Å². The smallest absolute Gasteiger partial charge is 0.0210 e. The van der Waals surface area contributed by atoms with Crippen molar-refractivity contribution in [1.82, 2.24) is 5.32 Å². The molecule has 2 atom stereocenters. The quantitative estimate of drug-likeness (QED) is 0.771. The summed E-state index contributed by atoms with van der Waals surface area (Å²) in [7, 11) is 0. The maximum Gasteiger partial charge on any atom is 0.0210 e. The third-order valence-corrected chi connectivity index (χ3v) is 3.44. The highest BCUT2D eigenvalue weighted by molar-refractivity contribution is 5.25. The summed E-state index contributed by atoms with van der Waals surface area (Å²) in [6.45, 7) is 5.54. The fourth-order valence-corrected chi connectivity index (χ4v) is 2.02. The maximum absolute atomic E-state index is 3.63. The van der Waals surface area contributed by atoms with Crippen molar-refractivity contribution in [3.05, 3.63) is 35.4 Å². The van der Waals surface area contributed by atoms with Gasteiger partial charge in [0, 0.05) is 12.6 Å². The Balaban J connectivity index is 1.88. The van der Waals surface area contributed by atoms with Gasteiger partial charge in [-0.3, -0.25) is 0 Å². The van der Waals surface area contributed by atoms with Crippen LogP contribution in [0.4, 0.5) is 0 Å². The minimum absolute atomic E-state index is 0.759. The Morgan fingerprint density at radius 3 is 2.64 bits per heavy atom. The van der Waals surface area contributed by atoms with Gasteiger partial charge < -0.3 is 5.32 Å². The first-order valence-corrected chi connectivity index (χ1v) is 5.55. The first-order valence-electron chi connectivity index (χ1n) is 5.55. The third kappa shape index (κ3) is 1.98. The van der Waals surface area contributed by atoms with Gasteiger partial charge in [-0.15, -0.1) is 0 Å². The summed E-state index contributed by atoms with van der Waals surface area (Å²) in [5, 5.41) is 3.63. The second-order valence-electron chi connectivity index (χ2n) is 4.47. The van der Waals surface area contributed by atoms with Crippen LogP contribution in [0.1, 0.15) is 30.9 Å². The van der Waals surface area contributed by atoms with Crippen LogP contribution in [0, 0.1) is 12.8 Å². The van der Waals surface area contributed by atoms with Crippen LogP contribution in [0.3, 0.4) is 0 Å². The molecule has 2 rings (SSSR count). The molecule has 0 spiro atoms. The minimum atomic E-state index is 0.759. The van der Waals surface area contributed by atoms with Crippen molar-refractivity contribution in [2.24, 2.45) is 5.92 Å². The van der Waals surface area contributed by atoms with Gasteiger partial charge in [0.2, 0.25) is 0 Å². The Morgan fingerprint density at radius 1 is 1.29 bits per heavy atom. The summed E-state index contributed by atoms with van der Waals surface area (Å²) < 4.78 is 0. The lowest BCUT2D eigenvalue weighted by Gasteiger charge is -2.34. The number of hydrogen-bond acceptors (Lipinski definition) is 1. The van der Waals surface area contributed by atoms with Crippen LogP contribution in [0.15, 0.2) is 24.3 Å². The number of benzene rings is 1. The SMILES string of the molecule is Cc1ccccc1CNC1CCC1C. The zero-order chi connectivity index (χ0) is 9.97. The van der Waals surface area contributed by atoms with Gasteiger partial charge in [0.15, 0.2) is 0 Å². The van der Waals surface area contributed by atoms with Crippen LogP contribution < -0.4 is 5.32 Å². The molecule has 1 aliphatic carbocycles. The Morgan fingerprint density at radius 2 is 2.07 bits per heavy atom. The highest BCUT2D eigenvalue weighted by Crippen LogP contribution is 2.26. The van der Waals surface area contributed by atoms with Crippen LogP contribution in [0.5, 0.6) is 0 Å². The number of nitrogens with one attached hydrogen (secondary N) is 1. The number of hydrogen-bond donors (Lipinski definition) is 1. The van der Waals surface area contributed by atoms with E-state index in [4.69, 9.17) is 0 Å². The largest absolute Gasteiger partial charge is 0.310 e. The molecule has 0 heterocycles. The molecule has 0 aliphatic heterocycles. The van der Waals surface area contributed by atoms with Crippen LogP contribution in [-0.4, -0.2) is 6.04 Å². The average Bonchev–Trinajstić information content (AvgIpc) is 2.19. The van der Waals surface area contributed by atoms with Crippen molar-refractivity contribution in [2.45, 2.75) is 39.3 Å². The van der Waals surface area contributed by atoms with E-state index < -0.39 is 0 Å². The van der Waals surface area contributed by atoms with E-state index in [0.717, 1.165) is 18.5 Å². The molecule has 2 unspecified atom stereocenters. The Labute approximate surface area is 86.5 Å². The third-order valence-electron chi connectivity index (χ3n) is 3.44. The Kier molecular flexibility index (Phi) is 2.87. The fraction of sp³-hybridized carbons (Fsp3) is 0.538. The van der Waals surface area contributed by atoms with E-state index in [9.17, 15) is 0 Å². The van der Waals surface area contributed by atoms with Crippen LogP contribution in [0.2, 0.25) is 0 Å². The molecule has 1 fully saturated rings. The van der Waals surface area contributed by atoms with Gasteiger partial charge in [-0.05, 0) is 36.8 Å². The fourth-order valence-electron chi connectivity index (χ4n) is 2.02. The van der Waals surface area contributed by atoms with Gasteiger partial charge in [-0.1, -0.05) is 31.2 Å². The van der Waals surface area contributed by atoms with Crippen molar-refractivity contribution in [2.75, 3.05) is 0 Å². The van der Waals surface area contributed by atoms with E-state index >= 15 is 0 Å². The monoisotopic (exact) mass is 189 g/mol. The molecule has 0 amide bonds. The highest BCUT2D eigenvalue weighted by Gasteiger charge is 2.25. The molecular formula is C13H19N. The molecule has 1 nitrogen and oxygen atoms in total. The Bertz CT molecular complexity index is 306. The molecule has 0 saturated heterocycles. The molecule has 1 aromatic rings. The van der Waals surface area contributed by atoms with E-state index in [-0.39, 0.29) is 0 Å². The van der Waals surface area contributed by atoms with Crippen molar-refractivity contribution in [3.63, 3.8) is 0 Å². The van der Waals surface area contributed by atoms with Crippen LogP contribution in [-0.2, 0) is 6.54 Å². The number of aryl methyl sites for hydroxylation is 1. The standard InChI is InChI=1S/C13H19N/c1-10-5-3-4-6-12(10)9-14-13-8-7-11(13)2/h3-6,11,13-14H,7-9H2,1-2H3. The topological polar surface area (TPSA) is 12.0 Å². The molecule has 1 N–H and O–H groups in total. The van der Waals surface area contributed by atoms with Crippen LogP contribution in [0.25, 0.3) is 0 Å². The molecule has 14 heavy (non-hydrogen) atoms. The maximum atomic E-state index is 3.63. The van der Waals surface area contributed by atoms with Gasteiger partial charge in [-0.2, -0.15) is 0 Å². The molecule has 0 radical (unpaired) electrons. The molecule has 1 aromatic carbocycles. The van der Waals surface area contributed by atoms with Gasteiger partial charge in [0.1, 0.15) is 0 Å². The zero-order valence-electron chi connectivity index (χ0n) is 9.09. The van der Waals surface area contributed by atoms with Gasteiger partial charge in [0.05, 0.1) is 0 Å². The first-order chi connectivity index (χ1) is 6.77. The normalized spacial score (nSPS) is 25.9. The molecule has 0 aromatic heterocycles. The summed E-state index contributed by atoms with van der Waals surface area (Å²) in [4.78, 5) is 0. The Hall–Kier alpha value is -0.820. The van der Waals surface area contributed by atoms with E-state index in [1.165, 1.54) is 24.0 Å². The van der Waals surface area contributed by atoms with Crippen molar-refractivity contribution in [3.8, 4) is 0 Å². The molecular weight excluding hydrogens is 170 g/mol. The minimum Gasteiger partial charge on any atom is -0.310 e. The lowest BCUT2D eigenvalue weighted by molar-refractivity contribution is 0.228. The van der Waals surface area contributed by atoms with E-state index in [1.54, 1.807) is 0 Å². The van der Waals surface area contributed by atoms with E-state index in [0.29, 0.717) is 0 Å². The molecule has 1 heteroatoms. The molecule has 0 bridgehead atoms. The van der Waals surface area contributed by atoms with Crippen molar-refractivity contribution >= 4 is 0 Å². The summed E-state index contributed by atoms with van der Waals surface area (Å²) in [6, 6.07) is 9.38. The number of rotatable bonds is 3. The summed E-state index contributed by atoms with van der Waals surface area (Å²) >= 11 is 0. The first kappa shape index (κ1) is 9.72. The van der Waals surface area contributed by atoms with Gasteiger partial charge in [0.25, 0.3) is 0 Å². The molecule has 76 valence electrons. The molecule has 1 aliphatic rings. The van der Waals surface area contributed by atoms with Crippen molar-refractivity contribution in [1.29, 1.82) is 0 Å². The zero-order valence-corrected chi connectivity index (χ0v) is 9.09. The van der Waals surface area contributed by atoms with Crippen LogP contribution >= 0.6 is 0 Å². The second-order valence-corrected chi connectivity index (χ2v) is 4.47. The lowest BCUT2D eigenvalue weighted by Crippen LogP contribution is -2.42.